The summed E-state index contributed by atoms with van der Waals surface area (Å²) >= 11 is 0. The van der Waals surface area contributed by atoms with E-state index in [2.05, 4.69) is 0 Å². The molecule has 2 saturated heterocycles. The van der Waals surface area contributed by atoms with Crippen molar-refractivity contribution in [2.75, 3.05) is 18.8 Å². The highest BCUT2D eigenvalue weighted by atomic mass is 32.2. The predicted octanol–water partition coefficient (Wildman–Crippen LogP) is 0.599. The van der Waals surface area contributed by atoms with E-state index in [0.717, 1.165) is 0 Å². The quantitative estimate of drug-likeness (QED) is 0.661. The highest BCUT2D eigenvalue weighted by Gasteiger charge is 2.44. The summed E-state index contributed by atoms with van der Waals surface area (Å²) in [5.74, 6) is 0.0238. The molecule has 3 unspecified atom stereocenters. The first-order valence-electron chi connectivity index (χ1n) is 7.08. The van der Waals surface area contributed by atoms with Gasteiger partial charge in [0.1, 0.15) is 11.9 Å². The van der Waals surface area contributed by atoms with Crippen molar-refractivity contribution in [1.82, 2.24) is 9.21 Å². The van der Waals surface area contributed by atoms with Crippen LogP contribution in [0.4, 0.5) is 4.79 Å². The molecule has 2 bridgehead atoms. The molecule has 2 aliphatic heterocycles. The Morgan fingerprint density at radius 2 is 1.95 bits per heavy atom. The summed E-state index contributed by atoms with van der Waals surface area (Å²) in [6.45, 7) is 5.55. The number of hydrogen-bond donors (Lipinski definition) is 0. The van der Waals surface area contributed by atoms with Crippen LogP contribution >= 0.6 is 0 Å². The third-order valence-corrected chi connectivity index (χ3v) is 5.61. The Hall–Kier alpha value is -1.15. The van der Waals surface area contributed by atoms with Crippen molar-refractivity contribution in [2.45, 2.75) is 51.3 Å². The second-order valence-electron chi connectivity index (χ2n) is 6.52. The van der Waals surface area contributed by atoms with E-state index in [1.54, 1.807) is 20.8 Å². The number of carbonyl (C=O) groups excluding carboxylic acids is 2. The Morgan fingerprint density at radius 1 is 1.29 bits per heavy atom. The van der Waals surface area contributed by atoms with Crippen LogP contribution in [-0.4, -0.2) is 66.5 Å². The molecule has 0 radical (unpaired) electrons. The fraction of sp³-hybridized carbons (Fsp3) is 0.846. The summed E-state index contributed by atoms with van der Waals surface area (Å²) in [6.07, 6.45) is 1.18. The van der Waals surface area contributed by atoms with Gasteiger partial charge in [0.05, 0.1) is 11.8 Å². The molecule has 0 spiro atoms. The molecule has 0 saturated carbocycles. The lowest BCUT2D eigenvalue weighted by molar-refractivity contribution is -0.113. The highest BCUT2D eigenvalue weighted by Crippen LogP contribution is 2.27. The number of nitrogens with zero attached hydrogens (tertiary/aromatic N) is 2. The summed E-state index contributed by atoms with van der Waals surface area (Å²) in [5.41, 5.74) is -0.623. The van der Waals surface area contributed by atoms with Gasteiger partial charge in [-0.15, -0.1) is 0 Å². The summed E-state index contributed by atoms with van der Waals surface area (Å²) in [5, 5.41) is 0. The predicted molar refractivity (Wildman–Crippen MR) is 76.3 cm³/mol. The smallest absolute Gasteiger partial charge is 0.410 e. The van der Waals surface area contributed by atoms with Gasteiger partial charge in [-0.1, -0.05) is 0 Å². The molecule has 0 aromatic carbocycles. The number of fused-ring (bicyclic) bond motifs is 2. The van der Waals surface area contributed by atoms with Crippen LogP contribution in [0.2, 0.25) is 0 Å². The van der Waals surface area contributed by atoms with E-state index in [1.807, 2.05) is 0 Å². The second kappa shape index (κ2) is 5.57. The molecule has 8 heteroatoms. The van der Waals surface area contributed by atoms with Gasteiger partial charge in [0.15, 0.2) is 0 Å². The van der Waals surface area contributed by atoms with Gasteiger partial charge in [-0.25, -0.2) is 13.2 Å². The zero-order valence-electron chi connectivity index (χ0n) is 12.6. The van der Waals surface area contributed by atoms with E-state index in [1.165, 1.54) is 9.21 Å². The second-order valence-corrected chi connectivity index (χ2v) is 8.56. The normalized spacial score (nSPS) is 32.1. The number of aldehydes is 1. The minimum atomic E-state index is -3.41. The van der Waals surface area contributed by atoms with Crippen molar-refractivity contribution >= 4 is 22.4 Å². The molecule has 2 aliphatic rings. The molecule has 120 valence electrons. The first kappa shape index (κ1) is 16.2. The Labute approximate surface area is 125 Å². The average molecular weight is 318 g/mol. The Bertz CT molecular complexity index is 525. The number of hydrogen-bond acceptors (Lipinski definition) is 5. The number of ether oxygens (including phenoxy) is 1. The Balaban J connectivity index is 2.23. The van der Waals surface area contributed by atoms with Gasteiger partial charge in [0, 0.05) is 19.1 Å². The van der Waals surface area contributed by atoms with Gasteiger partial charge in [-0.05, 0) is 33.6 Å². The van der Waals surface area contributed by atoms with Gasteiger partial charge in [0.25, 0.3) is 0 Å². The SMILES string of the molecule is CC(C)(C)OC(=O)N1CC(C=O)N2CC1CCCS2(=O)=O. The molecule has 0 N–H and O–H groups in total. The number of sulfonamides is 1. The molecule has 0 aliphatic carbocycles. The van der Waals surface area contributed by atoms with Crippen molar-refractivity contribution in [3.63, 3.8) is 0 Å². The number of piperazine rings is 1. The molecular weight excluding hydrogens is 296 g/mol. The summed E-state index contributed by atoms with van der Waals surface area (Å²) in [7, 11) is -3.41. The summed E-state index contributed by atoms with van der Waals surface area (Å²) in [6, 6.07) is -1.05. The zero-order chi connectivity index (χ0) is 15.8. The number of amides is 1. The summed E-state index contributed by atoms with van der Waals surface area (Å²) in [4.78, 5) is 25.0. The molecule has 7 nitrogen and oxygen atoms in total. The standard InChI is InChI=1S/C13H22N2O5S/c1-13(2,3)20-12(17)14-7-11(9-16)15-8-10(14)5-4-6-21(15,18)19/h9-11H,4-8H2,1-3H3. The third kappa shape index (κ3) is 3.55. The van der Waals surface area contributed by atoms with E-state index in [0.29, 0.717) is 19.1 Å². The van der Waals surface area contributed by atoms with Gasteiger partial charge in [-0.2, -0.15) is 4.31 Å². The van der Waals surface area contributed by atoms with Crippen LogP contribution in [-0.2, 0) is 19.6 Å². The Morgan fingerprint density at radius 3 is 2.52 bits per heavy atom. The highest BCUT2D eigenvalue weighted by molar-refractivity contribution is 7.89. The largest absolute Gasteiger partial charge is 0.444 e. The number of carbonyl (C=O) groups is 2. The minimum absolute atomic E-state index is 0.0238. The van der Waals surface area contributed by atoms with Crippen molar-refractivity contribution < 1.29 is 22.7 Å². The van der Waals surface area contributed by atoms with Crippen LogP contribution in [0.15, 0.2) is 0 Å². The minimum Gasteiger partial charge on any atom is -0.444 e. The fourth-order valence-electron chi connectivity index (χ4n) is 2.72. The monoisotopic (exact) mass is 318 g/mol. The van der Waals surface area contributed by atoms with Crippen molar-refractivity contribution in [3.05, 3.63) is 0 Å². The first-order valence-corrected chi connectivity index (χ1v) is 8.69. The van der Waals surface area contributed by atoms with E-state index < -0.39 is 27.8 Å². The first-order chi connectivity index (χ1) is 9.64. The number of rotatable bonds is 1. The summed E-state index contributed by atoms with van der Waals surface area (Å²) < 4.78 is 30.8. The molecule has 2 fully saturated rings. The van der Waals surface area contributed by atoms with Crippen LogP contribution in [0.3, 0.4) is 0 Å². The van der Waals surface area contributed by atoms with Crippen molar-refractivity contribution in [3.8, 4) is 0 Å². The van der Waals surface area contributed by atoms with Crippen LogP contribution in [0, 0.1) is 0 Å². The molecule has 0 aromatic rings. The molecule has 2 heterocycles. The molecule has 21 heavy (non-hydrogen) atoms. The van der Waals surface area contributed by atoms with Gasteiger partial charge in [0.2, 0.25) is 10.0 Å². The average Bonchev–Trinajstić information content (AvgIpc) is 2.46. The Kier molecular flexibility index (Phi) is 4.30. The fourth-order valence-corrected chi connectivity index (χ4v) is 4.42. The van der Waals surface area contributed by atoms with Crippen molar-refractivity contribution in [2.24, 2.45) is 0 Å². The van der Waals surface area contributed by atoms with Crippen LogP contribution in [0.1, 0.15) is 33.6 Å². The van der Waals surface area contributed by atoms with E-state index >= 15 is 0 Å². The van der Waals surface area contributed by atoms with Gasteiger partial charge in [-0.3, -0.25) is 0 Å². The van der Waals surface area contributed by atoms with E-state index in [9.17, 15) is 18.0 Å². The maximum atomic E-state index is 12.3. The topological polar surface area (TPSA) is 84.0 Å². The lowest BCUT2D eigenvalue weighted by atomic mass is 10.1. The van der Waals surface area contributed by atoms with Crippen LogP contribution in [0.25, 0.3) is 0 Å². The van der Waals surface area contributed by atoms with Crippen molar-refractivity contribution in [1.29, 1.82) is 0 Å². The van der Waals surface area contributed by atoms with E-state index in [-0.39, 0.29) is 24.9 Å². The zero-order valence-corrected chi connectivity index (χ0v) is 13.4. The van der Waals surface area contributed by atoms with Crippen LogP contribution < -0.4 is 0 Å². The maximum absolute atomic E-state index is 12.3. The molecule has 1 amide bonds. The molecule has 3 atom stereocenters. The molecule has 0 aromatic heterocycles. The lowest BCUT2D eigenvalue weighted by Gasteiger charge is -2.42. The van der Waals surface area contributed by atoms with Gasteiger partial charge >= 0.3 is 6.09 Å². The third-order valence-electron chi connectivity index (χ3n) is 3.67. The van der Waals surface area contributed by atoms with Gasteiger partial charge < -0.3 is 14.4 Å². The molecular formula is C13H22N2O5S. The maximum Gasteiger partial charge on any atom is 0.410 e. The lowest BCUT2D eigenvalue weighted by Crippen LogP contribution is -2.61. The molecule has 2 rings (SSSR count). The van der Waals surface area contributed by atoms with E-state index in [4.69, 9.17) is 4.74 Å². The van der Waals surface area contributed by atoms with Crippen LogP contribution in [0.5, 0.6) is 0 Å².